The number of carboxylic acids is 1. The lowest BCUT2D eigenvalue weighted by atomic mass is 9.99. The first-order chi connectivity index (χ1) is 9.10. The zero-order valence-electron chi connectivity index (χ0n) is 11.9. The summed E-state index contributed by atoms with van der Waals surface area (Å²) in [5.41, 5.74) is 0.171. The fourth-order valence-corrected chi connectivity index (χ4v) is 1.73. The van der Waals surface area contributed by atoms with Crippen LogP contribution in [0.2, 0.25) is 5.02 Å². The summed E-state index contributed by atoms with van der Waals surface area (Å²) in [6, 6.07) is 4.65. The zero-order valence-corrected chi connectivity index (χ0v) is 12.6. The highest BCUT2D eigenvalue weighted by atomic mass is 35.5. The Balaban J connectivity index is 3.00. The maximum absolute atomic E-state index is 11.7. The second kappa shape index (κ2) is 6.13. The largest absolute Gasteiger partial charge is 0.481 e. The number of aliphatic carboxylic acids is 1. The molecule has 1 rings (SSSR count). The van der Waals surface area contributed by atoms with Crippen molar-refractivity contribution in [3.05, 3.63) is 28.8 Å². The van der Waals surface area contributed by atoms with E-state index in [-0.39, 0.29) is 0 Å². The van der Waals surface area contributed by atoms with E-state index in [9.17, 15) is 9.59 Å². The number of carbonyl (C=O) groups excluding carboxylic acids is 1. The lowest BCUT2D eigenvalue weighted by molar-refractivity contribution is -0.138. The molecule has 2 N–H and O–H groups in total. The number of hydrogen-bond acceptors (Lipinski definition) is 3. The van der Waals surface area contributed by atoms with Gasteiger partial charge >= 0.3 is 12.1 Å². The molecule has 1 unspecified atom stereocenters. The van der Waals surface area contributed by atoms with Gasteiger partial charge in [-0.05, 0) is 51.5 Å². The predicted octanol–water partition coefficient (Wildman–Crippen LogP) is 3.88. The lowest BCUT2D eigenvalue weighted by Crippen LogP contribution is -2.27. The highest BCUT2D eigenvalue weighted by Crippen LogP contribution is 2.28. The number of carboxylic acid groups (broad SMARTS) is 1. The molecular formula is C14H18ClNO4. The topological polar surface area (TPSA) is 75.6 Å². The number of nitrogens with one attached hydrogen (secondary N) is 1. The summed E-state index contributed by atoms with van der Waals surface area (Å²) in [5.74, 6) is -1.79. The summed E-state index contributed by atoms with van der Waals surface area (Å²) in [4.78, 5) is 22.8. The Bertz CT molecular complexity index is 522. The molecule has 0 bridgehead atoms. The average Bonchev–Trinajstić information content (AvgIpc) is 2.27. The second-order valence-electron chi connectivity index (χ2n) is 5.42. The number of rotatable bonds is 3. The van der Waals surface area contributed by atoms with Crippen LogP contribution in [0.4, 0.5) is 10.5 Å². The molecule has 0 aliphatic carbocycles. The Morgan fingerprint density at radius 2 is 1.95 bits per heavy atom. The molecular weight excluding hydrogens is 282 g/mol. The van der Waals surface area contributed by atoms with Crippen molar-refractivity contribution in [2.45, 2.75) is 39.2 Å². The van der Waals surface area contributed by atoms with Gasteiger partial charge in [-0.2, -0.15) is 0 Å². The van der Waals surface area contributed by atoms with Crippen LogP contribution >= 0.6 is 11.6 Å². The van der Waals surface area contributed by atoms with Gasteiger partial charge in [0.2, 0.25) is 0 Å². The van der Waals surface area contributed by atoms with E-state index < -0.39 is 23.6 Å². The van der Waals surface area contributed by atoms with Crippen LogP contribution in [0, 0.1) is 0 Å². The maximum atomic E-state index is 11.7. The molecule has 0 spiro atoms. The lowest BCUT2D eigenvalue weighted by Gasteiger charge is -2.21. The summed E-state index contributed by atoms with van der Waals surface area (Å²) >= 11 is 5.87. The number of benzene rings is 1. The molecule has 1 amide bonds. The summed E-state index contributed by atoms with van der Waals surface area (Å²) in [6.45, 7) is 6.76. The van der Waals surface area contributed by atoms with Crippen molar-refractivity contribution in [1.29, 1.82) is 0 Å². The minimum atomic E-state index is -1.00. The normalized spacial score (nSPS) is 12.7. The minimum Gasteiger partial charge on any atom is -0.481 e. The van der Waals surface area contributed by atoms with Gasteiger partial charge < -0.3 is 9.84 Å². The Labute approximate surface area is 122 Å². The molecule has 6 heteroatoms. The summed E-state index contributed by atoms with van der Waals surface area (Å²) in [5, 5.41) is 12.0. The molecule has 5 nitrogen and oxygen atoms in total. The number of anilines is 1. The molecule has 0 aromatic heterocycles. The molecule has 1 atom stereocenters. The van der Waals surface area contributed by atoms with E-state index >= 15 is 0 Å². The Hall–Kier alpha value is -1.75. The molecule has 1 aromatic carbocycles. The molecule has 0 saturated heterocycles. The van der Waals surface area contributed by atoms with Crippen LogP contribution in [0.1, 0.15) is 39.2 Å². The third-order valence-corrected chi connectivity index (χ3v) is 2.72. The summed E-state index contributed by atoms with van der Waals surface area (Å²) < 4.78 is 5.14. The van der Waals surface area contributed by atoms with E-state index in [2.05, 4.69) is 5.32 Å². The first-order valence-electron chi connectivity index (χ1n) is 6.12. The number of hydrogen-bond donors (Lipinski definition) is 2. The molecule has 0 heterocycles. The third-order valence-electron chi connectivity index (χ3n) is 2.49. The van der Waals surface area contributed by atoms with E-state index in [4.69, 9.17) is 21.4 Å². The van der Waals surface area contributed by atoms with Crippen LogP contribution in [0.3, 0.4) is 0 Å². The van der Waals surface area contributed by atoms with Gasteiger partial charge in [0, 0.05) is 10.7 Å². The van der Waals surface area contributed by atoms with Crippen LogP contribution in [0.25, 0.3) is 0 Å². The summed E-state index contributed by atoms with van der Waals surface area (Å²) in [6.07, 6.45) is -0.640. The van der Waals surface area contributed by atoms with Gasteiger partial charge in [-0.25, -0.2) is 4.79 Å². The zero-order chi connectivity index (χ0) is 15.5. The molecule has 1 aromatic rings. The fourth-order valence-electron chi connectivity index (χ4n) is 1.55. The number of ether oxygens (including phenoxy) is 1. The fraction of sp³-hybridized carbons (Fsp3) is 0.429. The van der Waals surface area contributed by atoms with Gasteiger partial charge in [0.05, 0.1) is 5.92 Å². The molecule has 0 saturated carbocycles. The number of amides is 1. The van der Waals surface area contributed by atoms with E-state index in [0.717, 1.165) is 0 Å². The van der Waals surface area contributed by atoms with E-state index in [1.165, 1.54) is 13.0 Å². The predicted molar refractivity (Wildman–Crippen MR) is 77.4 cm³/mol. The Kier molecular flexibility index (Phi) is 5.00. The standard InChI is InChI=1S/C14H18ClNO4/c1-8(12(17)18)10-7-9(15)5-6-11(10)16-13(19)20-14(2,3)4/h5-8H,1-4H3,(H,16,19)(H,17,18). The second-order valence-corrected chi connectivity index (χ2v) is 5.85. The van der Waals surface area contributed by atoms with Crippen molar-refractivity contribution < 1.29 is 19.4 Å². The Morgan fingerprint density at radius 3 is 2.45 bits per heavy atom. The van der Waals surface area contributed by atoms with Gasteiger partial charge in [-0.1, -0.05) is 11.6 Å². The van der Waals surface area contributed by atoms with Crippen molar-refractivity contribution in [2.24, 2.45) is 0 Å². The highest BCUT2D eigenvalue weighted by molar-refractivity contribution is 6.30. The molecule has 0 aliphatic heterocycles. The molecule has 0 aliphatic rings. The van der Waals surface area contributed by atoms with Crippen molar-refractivity contribution in [2.75, 3.05) is 5.32 Å². The van der Waals surface area contributed by atoms with Crippen molar-refractivity contribution in [1.82, 2.24) is 0 Å². The van der Waals surface area contributed by atoms with Crippen LogP contribution in [0.15, 0.2) is 18.2 Å². The van der Waals surface area contributed by atoms with E-state index in [0.29, 0.717) is 16.3 Å². The van der Waals surface area contributed by atoms with E-state index in [1.54, 1.807) is 32.9 Å². The maximum Gasteiger partial charge on any atom is 0.412 e. The minimum absolute atomic E-state index is 0.374. The first kappa shape index (κ1) is 16.3. The molecule has 0 radical (unpaired) electrons. The van der Waals surface area contributed by atoms with Crippen LogP contribution in [-0.2, 0) is 9.53 Å². The van der Waals surface area contributed by atoms with Gasteiger partial charge in [-0.3, -0.25) is 10.1 Å². The molecule has 110 valence electrons. The monoisotopic (exact) mass is 299 g/mol. The third kappa shape index (κ3) is 4.74. The van der Waals surface area contributed by atoms with E-state index in [1.807, 2.05) is 0 Å². The average molecular weight is 300 g/mol. The highest BCUT2D eigenvalue weighted by Gasteiger charge is 2.21. The van der Waals surface area contributed by atoms with Crippen molar-refractivity contribution >= 4 is 29.4 Å². The van der Waals surface area contributed by atoms with Crippen molar-refractivity contribution in [3.8, 4) is 0 Å². The van der Waals surface area contributed by atoms with Crippen LogP contribution in [0.5, 0.6) is 0 Å². The molecule has 0 fully saturated rings. The van der Waals surface area contributed by atoms with Crippen molar-refractivity contribution in [3.63, 3.8) is 0 Å². The SMILES string of the molecule is CC(C(=O)O)c1cc(Cl)ccc1NC(=O)OC(C)(C)C. The first-order valence-corrected chi connectivity index (χ1v) is 6.50. The quantitative estimate of drug-likeness (QED) is 0.888. The van der Waals surface area contributed by atoms with Gasteiger partial charge in [0.1, 0.15) is 5.60 Å². The number of carbonyl (C=O) groups is 2. The van der Waals surface area contributed by atoms with Gasteiger partial charge in [-0.15, -0.1) is 0 Å². The van der Waals surface area contributed by atoms with Gasteiger partial charge in [0.25, 0.3) is 0 Å². The molecule has 20 heavy (non-hydrogen) atoms. The van der Waals surface area contributed by atoms with Crippen LogP contribution < -0.4 is 5.32 Å². The van der Waals surface area contributed by atoms with Gasteiger partial charge in [0.15, 0.2) is 0 Å². The smallest absolute Gasteiger partial charge is 0.412 e. The Morgan fingerprint density at radius 1 is 1.35 bits per heavy atom. The van der Waals surface area contributed by atoms with Crippen LogP contribution in [-0.4, -0.2) is 22.8 Å². The number of halogens is 1. The summed E-state index contributed by atoms with van der Waals surface area (Å²) in [7, 11) is 0.